The van der Waals surface area contributed by atoms with Gasteiger partial charge in [0, 0.05) is 29.6 Å². The lowest BCUT2D eigenvalue weighted by Gasteiger charge is -2.10. The molecule has 0 amide bonds. The zero-order valence-electron chi connectivity index (χ0n) is 17.4. The van der Waals surface area contributed by atoms with Crippen molar-refractivity contribution in [1.82, 2.24) is 9.55 Å². The second-order valence-electron chi connectivity index (χ2n) is 7.31. The Bertz CT molecular complexity index is 1170. The summed E-state index contributed by atoms with van der Waals surface area (Å²) in [5, 5.41) is 2.35. The van der Waals surface area contributed by atoms with Gasteiger partial charge in [-0.3, -0.25) is 4.98 Å². The molecular formula is C25H26N2O3. The van der Waals surface area contributed by atoms with Crippen molar-refractivity contribution in [2.75, 3.05) is 13.2 Å². The van der Waals surface area contributed by atoms with Crippen molar-refractivity contribution in [1.29, 1.82) is 0 Å². The van der Waals surface area contributed by atoms with Crippen molar-refractivity contribution in [2.24, 2.45) is 0 Å². The lowest BCUT2D eigenvalue weighted by Crippen LogP contribution is -2.14. The Morgan fingerprint density at radius 3 is 2.70 bits per heavy atom. The Hall–Kier alpha value is -3.34. The molecule has 0 N–H and O–H groups in total. The molecule has 4 rings (SSSR count). The highest BCUT2D eigenvalue weighted by Gasteiger charge is 2.14. The van der Waals surface area contributed by atoms with Crippen molar-refractivity contribution < 1.29 is 14.3 Å². The third-order valence-electron chi connectivity index (χ3n) is 5.28. The van der Waals surface area contributed by atoms with Crippen LogP contribution in [-0.4, -0.2) is 28.7 Å². The lowest BCUT2D eigenvalue weighted by atomic mass is 10.1. The minimum Gasteiger partial charge on any atom is -0.482 e. The molecule has 0 saturated carbocycles. The van der Waals surface area contributed by atoms with Crippen LogP contribution in [-0.2, 0) is 22.5 Å². The van der Waals surface area contributed by atoms with Crippen molar-refractivity contribution in [3.05, 3.63) is 72.1 Å². The van der Waals surface area contributed by atoms with Gasteiger partial charge < -0.3 is 14.0 Å². The minimum atomic E-state index is -0.360. The number of carbonyl (C=O) groups is 1. The normalized spacial score (nSPS) is 11.1. The van der Waals surface area contributed by atoms with Gasteiger partial charge in [-0.25, -0.2) is 4.79 Å². The topological polar surface area (TPSA) is 53.4 Å². The van der Waals surface area contributed by atoms with Crippen LogP contribution >= 0.6 is 0 Å². The maximum atomic E-state index is 11.6. The van der Waals surface area contributed by atoms with E-state index in [1.165, 1.54) is 16.3 Å². The monoisotopic (exact) mass is 402 g/mol. The molecule has 30 heavy (non-hydrogen) atoms. The van der Waals surface area contributed by atoms with Crippen LogP contribution in [0.2, 0.25) is 0 Å². The molecule has 2 heterocycles. The van der Waals surface area contributed by atoms with Crippen molar-refractivity contribution in [3.8, 4) is 5.75 Å². The van der Waals surface area contributed by atoms with Gasteiger partial charge in [-0.2, -0.15) is 0 Å². The molecular weight excluding hydrogens is 376 g/mol. The highest BCUT2D eigenvalue weighted by Crippen LogP contribution is 2.33. The number of fused-ring (bicyclic) bond motifs is 3. The molecule has 0 unspecified atom stereocenters. The quantitative estimate of drug-likeness (QED) is 0.386. The van der Waals surface area contributed by atoms with Crippen LogP contribution in [0.25, 0.3) is 21.8 Å². The number of aromatic nitrogens is 2. The van der Waals surface area contributed by atoms with E-state index in [2.05, 4.69) is 45.9 Å². The third-order valence-corrected chi connectivity index (χ3v) is 5.28. The molecule has 0 radical (unpaired) electrons. The van der Waals surface area contributed by atoms with E-state index in [9.17, 15) is 4.79 Å². The number of hydrogen-bond donors (Lipinski definition) is 0. The van der Waals surface area contributed by atoms with E-state index in [1.54, 1.807) is 6.92 Å². The SMILES string of the molecule is CCOC(=O)COc1ccc2c3ccnc(C)c3n(CCCc3ccccc3)c2c1. The molecule has 0 fully saturated rings. The fourth-order valence-corrected chi connectivity index (χ4v) is 3.95. The number of carbonyl (C=O) groups excluding carboxylic acids is 1. The summed E-state index contributed by atoms with van der Waals surface area (Å²) in [4.78, 5) is 16.2. The van der Waals surface area contributed by atoms with E-state index in [4.69, 9.17) is 9.47 Å². The van der Waals surface area contributed by atoms with Crippen LogP contribution in [0.1, 0.15) is 24.6 Å². The molecule has 0 aliphatic rings. The molecule has 154 valence electrons. The molecule has 2 aromatic carbocycles. The zero-order chi connectivity index (χ0) is 20.9. The first-order valence-electron chi connectivity index (χ1n) is 10.4. The van der Waals surface area contributed by atoms with Gasteiger partial charge >= 0.3 is 5.97 Å². The summed E-state index contributed by atoms with van der Waals surface area (Å²) in [6, 6.07) is 18.6. The average Bonchev–Trinajstić information content (AvgIpc) is 3.08. The molecule has 0 aliphatic heterocycles. The fraction of sp³-hybridized carbons (Fsp3) is 0.280. The number of nitrogens with zero attached hydrogens (tertiary/aromatic N) is 2. The van der Waals surface area contributed by atoms with Gasteiger partial charge in [-0.05, 0) is 50.5 Å². The molecule has 0 bridgehead atoms. The Morgan fingerprint density at radius 1 is 1.07 bits per heavy atom. The van der Waals surface area contributed by atoms with Crippen molar-refractivity contribution >= 4 is 27.8 Å². The standard InChI is InChI=1S/C25H26N2O3/c1-3-29-24(28)17-30-20-11-12-21-22-13-14-26-18(2)25(22)27(23(21)16-20)15-7-10-19-8-5-4-6-9-19/h4-6,8-9,11-14,16H,3,7,10,15,17H2,1-2H3. The Labute approximate surface area is 176 Å². The minimum absolute atomic E-state index is 0.0891. The first-order chi connectivity index (χ1) is 14.7. The summed E-state index contributed by atoms with van der Waals surface area (Å²) >= 11 is 0. The Kier molecular flexibility index (Phi) is 5.98. The van der Waals surface area contributed by atoms with E-state index in [0.29, 0.717) is 12.4 Å². The van der Waals surface area contributed by atoms with Crippen LogP contribution in [0, 0.1) is 6.92 Å². The van der Waals surface area contributed by atoms with Crippen LogP contribution in [0.3, 0.4) is 0 Å². The Morgan fingerprint density at radius 2 is 1.90 bits per heavy atom. The number of esters is 1. The first-order valence-corrected chi connectivity index (χ1v) is 10.4. The number of rotatable bonds is 8. The van der Waals surface area contributed by atoms with E-state index >= 15 is 0 Å². The van der Waals surface area contributed by atoms with Gasteiger partial charge in [-0.15, -0.1) is 0 Å². The summed E-state index contributed by atoms with van der Waals surface area (Å²) in [7, 11) is 0. The number of benzene rings is 2. The van der Waals surface area contributed by atoms with Crippen LogP contribution in [0.4, 0.5) is 0 Å². The third kappa shape index (κ3) is 4.15. The summed E-state index contributed by atoms with van der Waals surface area (Å²) in [5.41, 5.74) is 4.60. The number of ether oxygens (including phenoxy) is 2. The molecule has 0 saturated heterocycles. The summed E-state index contributed by atoms with van der Waals surface area (Å²) in [5.74, 6) is 0.300. The van der Waals surface area contributed by atoms with Crippen LogP contribution in [0.15, 0.2) is 60.8 Å². The lowest BCUT2D eigenvalue weighted by molar-refractivity contribution is -0.145. The van der Waals surface area contributed by atoms with E-state index < -0.39 is 0 Å². The van der Waals surface area contributed by atoms with E-state index in [-0.39, 0.29) is 12.6 Å². The molecule has 5 heteroatoms. The van der Waals surface area contributed by atoms with Gasteiger partial charge in [0.1, 0.15) is 5.75 Å². The summed E-state index contributed by atoms with van der Waals surface area (Å²) in [6.07, 6.45) is 3.89. The maximum Gasteiger partial charge on any atom is 0.344 e. The molecule has 0 atom stereocenters. The van der Waals surface area contributed by atoms with E-state index in [0.717, 1.165) is 36.1 Å². The van der Waals surface area contributed by atoms with Crippen molar-refractivity contribution in [2.45, 2.75) is 33.2 Å². The Balaban J connectivity index is 1.65. The van der Waals surface area contributed by atoms with Gasteiger partial charge in [0.05, 0.1) is 23.3 Å². The molecule has 0 aliphatic carbocycles. The second kappa shape index (κ2) is 8.99. The first kappa shape index (κ1) is 20.0. The molecule has 0 spiro atoms. The zero-order valence-corrected chi connectivity index (χ0v) is 17.4. The van der Waals surface area contributed by atoms with Crippen molar-refractivity contribution in [3.63, 3.8) is 0 Å². The van der Waals surface area contributed by atoms with Gasteiger partial charge in [0.2, 0.25) is 0 Å². The van der Waals surface area contributed by atoms with Gasteiger partial charge in [0.25, 0.3) is 0 Å². The summed E-state index contributed by atoms with van der Waals surface area (Å²) < 4.78 is 13.0. The predicted octanol–water partition coefficient (Wildman–Crippen LogP) is 5.07. The fourth-order valence-electron chi connectivity index (χ4n) is 3.95. The number of hydrogen-bond acceptors (Lipinski definition) is 4. The largest absolute Gasteiger partial charge is 0.482 e. The number of pyridine rings is 1. The van der Waals surface area contributed by atoms with E-state index in [1.807, 2.05) is 31.3 Å². The molecule has 2 aromatic heterocycles. The van der Waals surface area contributed by atoms with Gasteiger partial charge in [0.15, 0.2) is 6.61 Å². The molecule has 5 nitrogen and oxygen atoms in total. The smallest absolute Gasteiger partial charge is 0.344 e. The van der Waals surface area contributed by atoms with Gasteiger partial charge in [-0.1, -0.05) is 30.3 Å². The number of aryl methyl sites for hydroxylation is 3. The highest BCUT2D eigenvalue weighted by atomic mass is 16.6. The average molecular weight is 402 g/mol. The molecule has 4 aromatic rings. The highest BCUT2D eigenvalue weighted by molar-refractivity contribution is 6.09. The van der Waals surface area contributed by atoms with Crippen LogP contribution in [0.5, 0.6) is 5.75 Å². The predicted molar refractivity (Wildman–Crippen MR) is 119 cm³/mol. The second-order valence-corrected chi connectivity index (χ2v) is 7.31. The van der Waals surface area contributed by atoms with Crippen LogP contribution < -0.4 is 4.74 Å². The maximum absolute atomic E-state index is 11.6. The summed E-state index contributed by atoms with van der Waals surface area (Å²) in [6.45, 7) is 4.97.